The molecule has 2 N–H and O–H groups in total. The van der Waals surface area contributed by atoms with E-state index < -0.39 is 28.1 Å². The van der Waals surface area contributed by atoms with E-state index in [4.69, 9.17) is 19.4 Å². The van der Waals surface area contributed by atoms with Gasteiger partial charge in [-0.05, 0) is 120 Å². The van der Waals surface area contributed by atoms with Crippen molar-refractivity contribution >= 4 is 78.5 Å². The number of esters is 2. The number of aromatic nitrogens is 4. The molecule has 12 nitrogen and oxygen atoms in total. The van der Waals surface area contributed by atoms with E-state index in [1.807, 2.05) is 13.8 Å². The summed E-state index contributed by atoms with van der Waals surface area (Å²) in [6.45, 7) is 7.03. The molecule has 0 fully saturated rings. The van der Waals surface area contributed by atoms with Gasteiger partial charge in [-0.2, -0.15) is 0 Å². The van der Waals surface area contributed by atoms with Crippen molar-refractivity contribution in [2.45, 2.75) is 63.2 Å². The number of rotatable bonds is 8. The molecule has 0 saturated carbocycles. The van der Waals surface area contributed by atoms with Gasteiger partial charge in [-0.25, -0.2) is 9.97 Å². The molecule has 5 heterocycles. The molecular formula is C32H32N4O8S2-2. The highest BCUT2D eigenvalue weighted by atomic mass is 32.2. The lowest BCUT2D eigenvalue weighted by molar-refractivity contribution is -0.141. The van der Waals surface area contributed by atoms with Crippen LogP contribution in [0.5, 0.6) is 0 Å². The van der Waals surface area contributed by atoms with Crippen LogP contribution < -0.4 is 0 Å². The summed E-state index contributed by atoms with van der Waals surface area (Å²) < 4.78 is 59.4. The van der Waals surface area contributed by atoms with Crippen LogP contribution in [0.25, 0.3) is 44.4 Å². The van der Waals surface area contributed by atoms with E-state index in [0.29, 0.717) is 57.8 Å². The molecule has 3 aromatic heterocycles. The van der Waals surface area contributed by atoms with Crippen LogP contribution in [0.4, 0.5) is 0 Å². The van der Waals surface area contributed by atoms with Gasteiger partial charge < -0.3 is 28.5 Å². The lowest BCUT2D eigenvalue weighted by Crippen LogP contribution is -2.01. The van der Waals surface area contributed by atoms with Crippen molar-refractivity contribution in [1.29, 1.82) is 0 Å². The number of allylic oxidation sites excluding steroid dienone is 4. The van der Waals surface area contributed by atoms with Gasteiger partial charge in [0.05, 0.1) is 57.8 Å². The summed E-state index contributed by atoms with van der Waals surface area (Å²) in [4.78, 5) is 40.4. The van der Waals surface area contributed by atoms with Crippen LogP contribution in [0.3, 0.4) is 0 Å². The lowest BCUT2D eigenvalue weighted by Gasteiger charge is -2.06. The maximum absolute atomic E-state index is 12.4. The number of aromatic amines is 2. The third-order valence-corrected chi connectivity index (χ3v) is 10.1. The number of fused-ring (bicyclic) bond motifs is 8. The molecule has 2 atom stereocenters. The van der Waals surface area contributed by atoms with Crippen LogP contribution in [0.2, 0.25) is 0 Å². The molecule has 8 bridgehead atoms. The first-order valence-electron chi connectivity index (χ1n) is 14.3. The average Bonchev–Trinajstić information content (AvgIpc) is 3.67. The number of methoxy groups -OCH3 is 2. The fourth-order valence-electron chi connectivity index (χ4n) is 5.77. The summed E-state index contributed by atoms with van der Waals surface area (Å²) in [7, 11) is 2.64. The van der Waals surface area contributed by atoms with E-state index in [2.05, 4.69) is 9.97 Å². The molecular weight excluding hydrogens is 633 g/mol. The van der Waals surface area contributed by atoms with E-state index in [1.165, 1.54) is 14.2 Å². The summed E-state index contributed by atoms with van der Waals surface area (Å²) in [5.41, 5.74) is 7.47. The molecule has 0 amide bonds. The number of carbonyl (C=O) groups is 2. The molecule has 0 spiro atoms. The molecule has 0 aliphatic carbocycles. The van der Waals surface area contributed by atoms with Crippen molar-refractivity contribution in [3.63, 3.8) is 0 Å². The zero-order valence-corrected chi connectivity index (χ0v) is 27.7. The van der Waals surface area contributed by atoms with Gasteiger partial charge in [-0.1, -0.05) is 0 Å². The Bertz CT molecular complexity index is 2070. The van der Waals surface area contributed by atoms with Gasteiger partial charge in [-0.15, -0.1) is 0 Å². The third kappa shape index (κ3) is 6.25. The van der Waals surface area contributed by atoms with Crippen molar-refractivity contribution in [2.75, 3.05) is 14.2 Å². The number of carbonyl (C=O) groups excluding carboxylic acids is 2. The van der Waals surface area contributed by atoms with Gasteiger partial charge in [0.25, 0.3) is 0 Å². The van der Waals surface area contributed by atoms with E-state index in [9.17, 15) is 27.1 Å². The van der Waals surface area contributed by atoms with Gasteiger partial charge in [0, 0.05) is 23.9 Å². The SMILES string of the molecule is COC(=O)CCC1=C(C)c2cc3[nH]c(cc4[nH]c(cc5nc(cc1n2)C(CCC(=O)OC)=C5C)c(S(=O)[O-])c4C)c(S(=O)[O-])c3C. The first kappa shape index (κ1) is 33.1. The maximum atomic E-state index is 12.4. The van der Waals surface area contributed by atoms with Crippen LogP contribution in [0.15, 0.2) is 34.1 Å². The topological polar surface area (TPSA) is 190 Å². The number of ether oxygens (including phenoxy) is 2. The minimum absolute atomic E-state index is 0.0158. The highest BCUT2D eigenvalue weighted by Crippen LogP contribution is 2.38. The molecule has 0 radical (unpaired) electrons. The van der Waals surface area contributed by atoms with Crippen LogP contribution in [-0.2, 0) is 41.2 Å². The first-order chi connectivity index (χ1) is 21.8. The number of hydrogen-bond donors (Lipinski definition) is 2. The smallest absolute Gasteiger partial charge is 0.305 e. The molecule has 2 unspecified atom stereocenters. The fourth-order valence-corrected chi connectivity index (χ4v) is 7.07. The summed E-state index contributed by atoms with van der Waals surface area (Å²) in [6.07, 6.45) is 0.833. The molecule has 0 aromatic carbocycles. The number of nitrogens with one attached hydrogen (secondary N) is 2. The van der Waals surface area contributed by atoms with Crippen LogP contribution in [0, 0.1) is 13.8 Å². The van der Waals surface area contributed by atoms with Crippen molar-refractivity contribution in [3.05, 3.63) is 58.2 Å². The van der Waals surface area contributed by atoms with Crippen molar-refractivity contribution in [3.8, 4) is 0 Å². The summed E-state index contributed by atoms with van der Waals surface area (Å²) in [5.74, 6) is -0.778. The monoisotopic (exact) mass is 664 g/mol. The molecule has 0 saturated heterocycles. The summed E-state index contributed by atoms with van der Waals surface area (Å²) in [5, 5.41) is 0. The van der Waals surface area contributed by atoms with Crippen LogP contribution in [-0.4, -0.2) is 63.6 Å². The molecule has 242 valence electrons. The molecule has 14 heteroatoms. The Kier molecular flexibility index (Phi) is 9.54. The molecule has 2 aliphatic rings. The summed E-state index contributed by atoms with van der Waals surface area (Å²) in [6, 6.07) is 6.72. The van der Waals surface area contributed by atoms with Gasteiger partial charge in [0.15, 0.2) is 0 Å². The number of hydrogen-bond acceptors (Lipinski definition) is 10. The average molecular weight is 665 g/mol. The van der Waals surface area contributed by atoms with Gasteiger partial charge in [0.1, 0.15) is 0 Å². The maximum Gasteiger partial charge on any atom is 0.305 e. The number of nitrogens with zero attached hydrogens (tertiary/aromatic N) is 2. The van der Waals surface area contributed by atoms with E-state index in [1.54, 1.807) is 38.1 Å². The van der Waals surface area contributed by atoms with Gasteiger partial charge in [0.2, 0.25) is 0 Å². The minimum Gasteiger partial charge on any atom is -0.768 e. The molecule has 5 rings (SSSR count). The normalized spacial score (nSPS) is 14.4. The van der Waals surface area contributed by atoms with Crippen molar-refractivity contribution < 1.29 is 36.6 Å². The van der Waals surface area contributed by atoms with E-state index in [0.717, 1.165) is 22.3 Å². The van der Waals surface area contributed by atoms with Crippen LogP contribution >= 0.6 is 0 Å². The van der Waals surface area contributed by atoms with Crippen LogP contribution in [0.1, 0.15) is 73.4 Å². The second-order valence-electron chi connectivity index (χ2n) is 11.0. The Morgan fingerprint density at radius 3 is 1.46 bits per heavy atom. The predicted molar refractivity (Wildman–Crippen MR) is 172 cm³/mol. The van der Waals surface area contributed by atoms with Gasteiger partial charge >= 0.3 is 11.9 Å². The Balaban J connectivity index is 1.93. The van der Waals surface area contributed by atoms with Crippen molar-refractivity contribution in [1.82, 2.24) is 19.9 Å². The number of aryl methyl sites for hydroxylation is 2. The highest BCUT2D eigenvalue weighted by molar-refractivity contribution is 7.79. The standard InChI is InChI=1S/C32H34N4O8S2/c1-15-19(7-9-29(37)43-5)25-14-26-20(8-10-30(38)44-6)16(2)22(34-26)12-27-32(46(41)42)18(4)24(36-27)13-28-31(45(39)40)17(3)23(35-28)11-21(15)33-25/h11-14,35-36H,7-10H2,1-6H3,(H,39,40)(H,41,42)/p-2. The zero-order valence-electron chi connectivity index (χ0n) is 26.1. The first-order valence-corrected chi connectivity index (χ1v) is 16.5. The highest BCUT2D eigenvalue weighted by Gasteiger charge is 2.23. The Labute approximate surface area is 269 Å². The quantitative estimate of drug-likeness (QED) is 0.240. The van der Waals surface area contributed by atoms with E-state index in [-0.39, 0.29) is 39.6 Å². The molecule has 2 aliphatic heterocycles. The number of H-pyrrole nitrogens is 2. The predicted octanol–water partition coefficient (Wildman–Crippen LogP) is 5.18. The lowest BCUT2D eigenvalue weighted by atomic mass is 9.98. The Morgan fingerprint density at radius 2 is 1.04 bits per heavy atom. The second-order valence-corrected chi connectivity index (χ2v) is 12.7. The minimum atomic E-state index is -2.64. The van der Waals surface area contributed by atoms with Gasteiger partial charge in [-0.3, -0.25) is 18.0 Å². The third-order valence-electron chi connectivity index (χ3n) is 8.36. The second kappa shape index (κ2) is 13.2. The Hall–Kier alpha value is -4.24. The molecule has 3 aromatic rings. The Morgan fingerprint density at radius 1 is 0.652 bits per heavy atom. The van der Waals surface area contributed by atoms with Crippen molar-refractivity contribution in [2.24, 2.45) is 0 Å². The zero-order chi connectivity index (χ0) is 33.4. The fraction of sp³-hybridized carbons (Fsp3) is 0.312. The summed E-state index contributed by atoms with van der Waals surface area (Å²) >= 11 is -5.26. The largest absolute Gasteiger partial charge is 0.768 e. The molecule has 46 heavy (non-hydrogen) atoms. The van der Waals surface area contributed by atoms with E-state index >= 15 is 0 Å².